The Hall–Kier alpha value is -0.860. The number of nitrogens with two attached hydrogens (primary N) is 1. The Bertz CT molecular complexity index is 343. The van der Waals surface area contributed by atoms with Gasteiger partial charge in [0.1, 0.15) is 0 Å². The van der Waals surface area contributed by atoms with E-state index in [1.165, 1.54) is 36.8 Å². The lowest BCUT2D eigenvalue weighted by molar-refractivity contribution is 0.237. The highest BCUT2D eigenvalue weighted by Crippen LogP contribution is 2.24. The standard InChI is InChI=1S/C15H24N2/c1-17(15-8-4-5-9-15)12-14-7-3-2-6-13(14)10-11-16/h2-3,6-7,15H,4-5,8-12,16H2,1H3. The van der Waals surface area contributed by atoms with Crippen LogP contribution in [-0.4, -0.2) is 24.5 Å². The Morgan fingerprint density at radius 2 is 1.82 bits per heavy atom. The van der Waals surface area contributed by atoms with Crippen molar-refractivity contribution in [3.8, 4) is 0 Å². The normalized spacial score (nSPS) is 16.9. The summed E-state index contributed by atoms with van der Waals surface area (Å²) < 4.78 is 0. The minimum absolute atomic E-state index is 0.740. The van der Waals surface area contributed by atoms with Gasteiger partial charge in [-0.15, -0.1) is 0 Å². The monoisotopic (exact) mass is 232 g/mol. The van der Waals surface area contributed by atoms with E-state index in [2.05, 4.69) is 36.2 Å². The Morgan fingerprint density at radius 3 is 2.47 bits per heavy atom. The second-order valence-electron chi connectivity index (χ2n) is 5.16. The van der Waals surface area contributed by atoms with E-state index in [1.807, 2.05) is 0 Å². The van der Waals surface area contributed by atoms with Gasteiger partial charge in [-0.2, -0.15) is 0 Å². The van der Waals surface area contributed by atoms with Gasteiger partial charge in [-0.1, -0.05) is 37.1 Å². The highest BCUT2D eigenvalue weighted by Gasteiger charge is 2.19. The second kappa shape index (κ2) is 6.18. The van der Waals surface area contributed by atoms with Crippen molar-refractivity contribution in [1.82, 2.24) is 4.90 Å². The zero-order valence-electron chi connectivity index (χ0n) is 10.9. The number of rotatable bonds is 5. The predicted molar refractivity (Wildman–Crippen MR) is 72.9 cm³/mol. The Balaban J connectivity index is 2.01. The maximum absolute atomic E-state index is 5.67. The first kappa shape index (κ1) is 12.6. The van der Waals surface area contributed by atoms with Crippen LogP contribution >= 0.6 is 0 Å². The fourth-order valence-electron chi connectivity index (χ4n) is 2.85. The van der Waals surface area contributed by atoms with Crippen LogP contribution in [0.25, 0.3) is 0 Å². The van der Waals surface area contributed by atoms with E-state index in [4.69, 9.17) is 5.73 Å². The molecule has 2 N–H and O–H groups in total. The summed E-state index contributed by atoms with van der Waals surface area (Å²) in [5.41, 5.74) is 8.54. The second-order valence-corrected chi connectivity index (χ2v) is 5.16. The van der Waals surface area contributed by atoms with Crippen molar-refractivity contribution in [2.75, 3.05) is 13.6 Å². The van der Waals surface area contributed by atoms with E-state index in [9.17, 15) is 0 Å². The predicted octanol–water partition coefficient (Wildman–Crippen LogP) is 2.56. The van der Waals surface area contributed by atoms with Gasteiger partial charge in [0, 0.05) is 12.6 Å². The first-order valence-corrected chi connectivity index (χ1v) is 6.78. The van der Waals surface area contributed by atoms with Crippen LogP contribution in [0.15, 0.2) is 24.3 Å². The van der Waals surface area contributed by atoms with Gasteiger partial charge in [0.05, 0.1) is 0 Å². The molecule has 1 aromatic rings. The molecule has 2 nitrogen and oxygen atoms in total. The van der Waals surface area contributed by atoms with Gasteiger partial charge in [0.15, 0.2) is 0 Å². The topological polar surface area (TPSA) is 29.3 Å². The average molecular weight is 232 g/mol. The zero-order valence-corrected chi connectivity index (χ0v) is 10.9. The Morgan fingerprint density at radius 1 is 1.18 bits per heavy atom. The molecule has 0 bridgehead atoms. The van der Waals surface area contributed by atoms with Gasteiger partial charge in [0.25, 0.3) is 0 Å². The summed E-state index contributed by atoms with van der Waals surface area (Å²) in [7, 11) is 2.26. The molecule has 1 fully saturated rings. The summed E-state index contributed by atoms with van der Waals surface area (Å²) >= 11 is 0. The molecule has 1 aliphatic carbocycles. The molecule has 0 unspecified atom stereocenters. The number of hydrogen-bond donors (Lipinski definition) is 1. The molecule has 0 aliphatic heterocycles. The van der Waals surface area contributed by atoms with Crippen LogP contribution in [0.2, 0.25) is 0 Å². The third-order valence-electron chi connectivity index (χ3n) is 3.90. The summed E-state index contributed by atoms with van der Waals surface area (Å²) in [6.45, 7) is 1.81. The summed E-state index contributed by atoms with van der Waals surface area (Å²) in [4.78, 5) is 2.52. The summed E-state index contributed by atoms with van der Waals surface area (Å²) in [5, 5.41) is 0. The molecule has 0 heterocycles. The van der Waals surface area contributed by atoms with E-state index in [-0.39, 0.29) is 0 Å². The van der Waals surface area contributed by atoms with Crippen molar-refractivity contribution < 1.29 is 0 Å². The SMILES string of the molecule is CN(Cc1ccccc1CCN)C1CCCC1. The number of hydrogen-bond acceptors (Lipinski definition) is 2. The highest BCUT2D eigenvalue weighted by atomic mass is 15.1. The fraction of sp³-hybridized carbons (Fsp3) is 0.600. The van der Waals surface area contributed by atoms with Gasteiger partial charge in [0.2, 0.25) is 0 Å². The molecule has 1 aliphatic rings. The van der Waals surface area contributed by atoms with E-state index in [0.717, 1.165) is 25.6 Å². The van der Waals surface area contributed by atoms with Gasteiger partial charge in [-0.3, -0.25) is 4.90 Å². The molecule has 1 saturated carbocycles. The van der Waals surface area contributed by atoms with E-state index >= 15 is 0 Å². The van der Waals surface area contributed by atoms with Crippen molar-refractivity contribution in [2.24, 2.45) is 5.73 Å². The molecule has 0 amide bonds. The molecular formula is C15H24N2. The molecule has 1 aromatic carbocycles. The molecule has 0 saturated heterocycles. The van der Waals surface area contributed by atoms with Crippen LogP contribution in [0.5, 0.6) is 0 Å². The van der Waals surface area contributed by atoms with Crippen LogP contribution in [0.3, 0.4) is 0 Å². The first-order valence-electron chi connectivity index (χ1n) is 6.78. The lowest BCUT2D eigenvalue weighted by Crippen LogP contribution is -2.29. The van der Waals surface area contributed by atoms with Crippen LogP contribution in [0, 0.1) is 0 Å². The summed E-state index contributed by atoms with van der Waals surface area (Å²) in [6, 6.07) is 9.50. The van der Waals surface area contributed by atoms with Gasteiger partial charge in [-0.25, -0.2) is 0 Å². The lowest BCUT2D eigenvalue weighted by Gasteiger charge is -2.25. The minimum Gasteiger partial charge on any atom is -0.330 e. The van der Waals surface area contributed by atoms with Crippen LogP contribution in [0.1, 0.15) is 36.8 Å². The maximum Gasteiger partial charge on any atom is 0.0236 e. The zero-order chi connectivity index (χ0) is 12.1. The molecule has 2 rings (SSSR count). The highest BCUT2D eigenvalue weighted by molar-refractivity contribution is 5.27. The minimum atomic E-state index is 0.740. The molecule has 17 heavy (non-hydrogen) atoms. The number of nitrogens with zero attached hydrogens (tertiary/aromatic N) is 1. The molecule has 0 atom stereocenters. The lowest BCUT2D eigenvalue weighted by atomic mass is 10.0. The van der Waals surface area contributed by atoms with Gasteiger partial charge >= 0.3 is 0 Å². The van der Waals surface area contributed by atoms with Gasteiger partial charge in [-0.05, 0) is 44.0 Å². The van der Waals surface area contributed by atoms with Crippen molar-refractivity contribution >= 4 is 0 Å². The molecule has 94 valence electrons. The van der Waals surface area contributed by atoms with E-state index in [0.29, 0.717) is 0 Å². The molecule has 2 heteroatoms. The fourth-order valence-corrected chi connectivity index (χ4v) is 2.85. The largest absolute Gasteiger partial charge is 0.330 e. The van der Waals surface area contributed by atoms with Crippen LogP contribution in [-0.2, 0) is 13.0 Å². The first-order chi connectivity index (χ1) is 8.31. The third-order valence-corrected chi connectivity index (χ3v) is 3.90. The van der Waals surface area contributed by atoms with Crippen molar-refractivity contribution in [2.45, 2.75) is 44.7 Å². The average Bonchev–Trinajstić information content (AvgIpc) is 2.85. The van der Waals surface area contributed by atoms with Crippen LogP contribution < -0.4 is 5.73 Å². The maximum atomic E-state index is 5.67. The third kappa shape index (κ3) is 3.30. The molecule has 0 radical (unpaired) electrons. The molecule has 0 spiro atoms. The Kier molecular flexibility index (Phi) is 4.57. The van der Waals surface area contributed by atoms with E-state index < -0.39 is 0 Å². The quantitative estimate of drug-likeness (QED) is 0.845. The Labute approximate surface area is 105 Å². The van der Waals surface area contributed by atoms with E-state index in [1.54, 1.807) is 0 Å². The molecular weight excluding hydrogens is 208 g/mol. The van der Waals surface area contributed by atoms with Crippen molar-refractivity contribution in [1.29, 1.82) is 0 Å². The summed E-state index contributed by atoms with van der Waals surface area (Å²) in [5.74, 6) is 0. The van der Waals surface area contributed by atoms with Gasteiger partial charge < -0.3 is 5.73 Å². The smallest absolute Gasteiger partial charge is 0.0236 e. The number of benzene rings is 1. The summed E-state index contributed by atoms with van der Waals surface area (Å²) in [6.07, 6.45) is 6.54. The van der Waals surface area contributed by atoms with Crippen molar-refractivity contribution in [3.05, 3.63) is 35.4 Å². The van der Waals surface area contributed by atoms with Crippen LogP contribution in [0.4, 0.5) is 0 Å². The molecule has 0 aromatic heterocycles. The van der Waals surface area contributed by atoms with Crippen molar-refractivity contribution in [3.63, 3.8) is 0 Å².